The summed E-state index contributed by atoms with van der Waals surface area (Å²) in [5.41, 5.74) is 1.29. The molecule has 1 N–H and O–H groups in total. The van der Waals surface area contributed by atoms with E-state index < -0.39 is 18.0 Å². The van der Waals surface area contributed by atoms with Crippen LogP contribution in [0.1, 0.15) is 22.0 Å². The Hall–Kier alpha value is -2.86. The molecular weight excluding hydrogens is 332 g/mol. The van der Waals surface area contributed by atoms with E-state index >= 15 is 0 Å². The number of ether oxygens (including phenoxy) is 2. The first-order valence-electron chi connectivity index (χ1n) is 7.06. The molecule has 0 aliphatic heterocycles. The fourth-order valence-corrected chi connectivity index (χ4v) is 2.54. The zero-order chi connectivity index (χ0) is 17.1. The van der Waals surface area contributed by atoms with Gasteiger partial charge in [-0.3, -0.25) is 0 Å². The lowest BCUT2D eigenvalue weighted by Crippen LogP contribution is -2.21. The molecule has 3 rings (SSSR count). The summed E-state index contributed by atoms with van der Waals surface area (Å²) in [6.07, 6.45) is 1.95. The van der Waals surface area contributed by atoms with Crippen molar-refractivity contribution in [3.05, 3.63) is 64.9 Å². The highest BCUT2D eigenvalue weighted by Crippen LogP contribution is 2.25. The van der Waals surface area contributed by atoms with E-state index in [0.29, 0.717) is 27.2 Å². The van der Waals surface area contributed by atoms with Crippen molar-refractivity contribution in [1.29, 1.82) is 0 Å². The molecule has 0 saturated carbocycles. The van der Waals surface area contributed by atoms with Crippen LogP contribution in [-0.4, -0.2) is 29.0 Å². The minimum Gasteiger partial charge on any atom is -0.466 e. The molecule has 0 bridgehead atoms. The van der Waals surface area contributed by atoms with Gasteiger partial charge in [-0.05, 0) is 24.3 Å². The molecule has 0 amide bonds. The molecule has 1 unspecified atom stereocenters. The number of hydrogen-bond acceptors (Lipinski definition) is 5. The predicted octanol–water partition coefficient (Wildman–Crippen LogP) is 3.29. The maximum Gasteiger partial charge on any atom is 0.351 e. The highest BCUT2D eigenvalue weighted by molar-refractivity contribution is 6.30. The number of esters is 2. The largest absolute Gasteiger partial charge is 0.466 e. The summed E-state index contributed by atoms with van der Waals surface area (Å²) >= 11 is 5.95. The van der Waals surface area contributed by atoms with E-state index in [9.17, 15) is 9.59 Å². The summed E-state index contributed by atoms with van der Waals surface area (Å²) in [5.74, 6) is -1.35. The number of nitrogens with zero attached hydrogens (tertiary/aromatic N) is 1. The number of benzene rings is 1. The van der Waals surface area contributed by atoms with Crippen molar-refractivity contribution in [2.75, 3.05) is 7.11 Å². The Morgan fingerprint density at radius 3 is 2.83 bits per heavy atom. The zero-order valence-corrected chi connectivity index (χ0v) is 13.4. The topological polar surface area (TPSA) is 81.3 Å². The highest BCUT2D eigenvalue weighted by Gasteiger charge is 2.27. The fraction of sp³-hybridized carbons (Fsp3) is 0.118. The Kier molecular flexibility index (Phi) is 4.48. The van der Waals surface area contributed by atoms with E-state index in [1.54, 1.807) is 36.5 Å². The van der Waals surface area contributed by atoms with Gasteiger partial charge in [0.2, 0.25) is 6.10 Å². The molecule has 24 heavy (non-hydrogen) atoms. The summed E-state index contributed by atoms with van der Waals surface area (Å²) in [6.45, 7) is 0. The van der Waals surface area contributed by atoms with E-state index in [4.69, 9.17) is 21.1 Å². The zero-order valence-electron chi connectivity index (χ0n) is 12.7. The van der Waals surface area contributed by atoms with Crippen molar-refractivity contribution in [1.82, 2.24) is 9.97 Å². The number of aromatic nitrogens is 2. The molecule has 0 spiro atoms. The molecule has 122 valence electrons. The number of carbonyl (C=O) groups is 2. The lowest BCUT2D eigenvalue weighted by molar-refractivity contribution is -0.151. The number of aromatic amines is 1. The van der Waals surface area contributed by atoms with Crippen LogP contribution in [0.4, 0.5) is 0 Å². The molecule has 2 heterocycles. The smallest absolute Gasteiger partial charge is 0.351 e. The third kappa shape index (κ3) is 3.09. The van der Waals surface area contributed by atoms with Gasteiger partial charge in [0.05, 0.1) is 12.7 Å². The molecule has 0 aliphatic rings. The lowest BCUT2D eigenvalue weighted by atomic mass is 10.1. The van der Waals surface area contributed by atoms with Crippen LogP contribution in [0, 0.1) is 0 Å². The number of carbonyl (C=O) groups excluding carboxylic acids is 2. The number of methoxy groups -OCH3 is 1. The molecule has 0 fully saturated rings. The molecule has 2 aromatic heterocycles. The van der Waals surface area contributed by atoms with Crippen molar-refractivity contribution < 1.29 is 19.1 Å². The second kappa shape index (κ2) is 6.72. The molecule has 1 atom stereocenters. The second-order valence-corrected chi connectivity index (χ2v) is 5.40. The Labute approximate surface area is 142 Å². The predicted molar refractivity (Wildman–Crippen MR) is 87.7 cm³/mol. The summed E-state index contributed by atoms with van der Waals surface area (Å²) in [4.78, 5) is 31.6. The van der Waals surface area contributed by atoms with Crippen molar-refractivity contribution in [3.63, 3.8) is 0 Å². The quantitative estimate of drug-likeness (QED) is 0.734. The van der Waals surface area contributed by atoms with Crippen molar-refractivity contribution in [2.45, 2.75) is 6.10 Å². The van der Waals surface area contributed by atoms with Crippen LogP contribution in [0.15, 0.2) is 48.8 Å². The number of H-pyrrole nitrogens is 1. The molecule has 0 saturated heterocycles. The fourth-order valence-electron chi connectivity index (χ4n) is 2.34. The first-order chi connectivity index (χ1) is 11.6. The molecule has 0 aliphatic carbocycles. The molecular formula is C17H13ClN2O4. The van der Waals surface area contributed by atoms with Crippen LogP contribution in [0.25, 0.3) is 11.0 Å². The normalized spacial score (nSPS) is 11.9. The van der Waals surface area contributed by atoms with Crippen molar-refractivity contribution in [2.24, 2.45) is 0 Å². The number of nitrogens with one attached hydrogen (secondary N) is 1. The van der Waals surface area contributed by atoms with Gasteiger partial charge in [0, 0.05) is 28.4 Å². The van der Waals surface area contributed by atoms with Crippen LogP contribution in [-0.2, 0) is 14.3 Å². The van der Waals surface area contributed by atoms with Crippen LogP contribution >= 0.6 is 11.6 Å². The van der Waals surface area contributed by atoms with Crippen LogP contribution in [0.3, 0.4) is 0 Å². The van der Waals surface area contributed by atoms with E-state index in [1.165, 1.54) is 19.4 Å². The minimum absolute atomic E-state index is 0.303. The Bertz CT molecular complexity index is 906. The van der Waals surface area contributed by atoms with Gasteiger partial charge in [0.15, 0.2) is 0 Å². The third-order valence-corrected chi connectivity index (χ3v) is 3.71. The molecule has 6 nitrogen and oxygen atoms in total. The minimum atomic E-state index is -1.21. The number of pyridine rings is 1. The van der Waals surface area contributed by atoms with Gasteiger partial charge in [-0.1, -0.05) is 23.7 Å². The third-order valence-electron chi connectivity index (χ3n) is 3.47. The average Bonchev–Trinajstić information content (AvgIpc) is 3.07. The Morgan fingerprint density at radius 2 is 2.08 bits per heavy atom. The van der Waals surface area contributed by atoms with Crippen LogP contribution in [0.5, 0.6) is 0 Å². The summed E-state index contributed by atoms with van der Waals surface area (Å²) in [7, 11) is 1.23. The molecule has 3 aromatic rings. The molecule has 0 radical (unpaired) electrons. The molecule has 7 heteroatoms. The van der Waals surface area contributed by atoms with Gasteiger partial charge in [-0.25, -0.2) is 14.6 Å². The van der Waals surface area contributed by atoms with E-state index in [2.05, 4.69) is 9.97 Å². The van der Waals surface area contributed by atoms with Gasteiger partial charge in [0.25, 0.3) is 0 Å². The lowest BCUT2D eigenvalue weighted by Gasteiger charge is -2.16. The average molecular weight is 345 g/mol. The monoisotopic (exact) mass is 344 g/mol. The maximum atomic E-state index is 12.5. The number of rotatable bonds is 4. The van der Waals surface area contributed by atoms with Crippen LogP contribution in [0.2, 0.25) is 5.02 Å². The van der Waals surface area contributed by atoms with Crippen molar-refractivity contribution in [3.8, 4) is 0 Å². The Morgan fingerprint density at radius 1 is 1.25 bits per heavy atom. The van der Waals surface area contributed by atoms with E-state index in [0.717, 1.165) is 0 Å². The van der Waals surface area contributed by atoms with E-state index in [-0.39, 0.29) is 0 Å². The van der Waals surface area contributed by atoms with Gasteiger partial charge in [-0.2, -0.15) is 0 Å². The standard InChI is InChI=1S/C17H13ClN2O4/c1-23-17(22)14(10-3-2-4-11(18)9-10)24-16(21)13-6-8-20-15-12(13)5-7-19-15/h2-9,14H,1H3,(H,19,20). The number of halogens is 1. The highest BCUT2D eigenvalue weighted by atomic mass is 35.5. The van der Waals surface area contributed by atoms with Gasteiger partial charge in [-0.15, -0.1) is 0 Å². The Balaban J connectivity index is 1.94. The first-order valence-corrected chi connectivity index (χ1v) is 7.44. The van der Waals surface area contributed by atoms with Crippen molar-refractivity contribution >= 4 is 34.6 Å². The van der Waals surface area contributed by atoms with E-state index in [1.807, 2.05) is 0 Å². The maximum absolute atomic E-state index is 12.5. The SMILES string of the molecule is COC(=O)C(OC(=O)c1ccnc2[nH]ccc12)c1cccc(Cl)c1. The van der Waals surface area contributed by atoms with Crippen LogP contribution < -0.4 is 0 Å². The summed E-state index contributed by atoms with van der Waals surface area (Å²) in [6, 6.07) is 9.76. The first kappa shape index (κ1) is 16.0. The summed E-state index contributed by atoms with van der Waals surface area (Å²) in [5, 5.41) is 1.03. The van der Waals surface area contributed by atoms with Gasteiger partial charge < -0.3 is 14.5 Å². The van der Waals surface area contributed by atoms with Gasteiger partial charge >= 0.3 is 11.9 Å². The molecule has 1 aromatic carbocycles. The number of fused-ring (bicyclic) bond motifs is 1. The van der Waals surface area contributed by atoms with Gasteiger partial charge in [0.1, 0.15) is 5.65 Å². The second-order valence-electron chi connectivity index (χ2n) is 4.96. The summed E-state index contributed by atoms with van der Waals surface area (Å²) < 4.78 is 10.1. The number of hydrogen-bond donors (Lipinski definition) is 1.